The van der Waals surface area contributed by atoms with Gasteiger partial charge in [-0.15, -0.1) is 0 Å². The fourth-order valence-electron chi connectivity index (χ4n) is 2.55. The van der Waals surface area contributed by atoms with Crippen LogP contribution >= 0.6 is 35.0 Å². The van der Waals surface area contributed by atoms with Crippen molar-refractivity contribution in [1.82, 2.24) is 5.43 Å². The molecule has 2 aromatic carbocycles. The Hall–Kier alpha value is -1.94. The molecular weight excluding hydrogens is 469 g/mol. The summed E-state index contributed by atoms with van der Waals surface area (Å²) >= 11 is 13.9. The largest absolute Gasteiger partial charge is 0.489 e. The molecular formula is C19H19Cl2N3O4S2. The molecule has 1 heterocycles. The number of halogens is 2. The van der Waals surface area contributed by atoms with Crippen LogP contribution in [0, 0.1) is 0 Å². The van der Waals surface area contributed by atoms with E-state index in [0.717, 1.165) is 33.4 Å². The SMILES string of the molecule is CS(=O)(=O)N(CC(=O)N/N=C\c1cccc(OC2CSC2)c1)c1cccc(Cl)c1Cl. The summed E-state index contributed by atoms with van der Waals surface area (Å²) in [5.74, 6) is 2.05. The molecule has 1 amide bonds. The summed E-state index contributed by atoms with van der Waals surface area (Å²) in [6.45, 7) is -0.501. The lowest BCUT2D eigenvalue weighted by Gasteiger charge is -2.25. The number of rotatable bonds is 8. The molecule has 1 N–H and O–H groups in total. The van der Waals surface area contributed by atoms with Gasteiger partial charge in [0.1, 0.15) is 18.4 Å². The summed E-state index contributed by atoms with van der Waals surface area (Å²) < 4.78 is 31.0. The minimum absolute atomic E-state index is 0.0440. The first kappa shape index (κ1) is 22.7. The number of carbonyl (C=O) groups excluding carboxylic acids is 1. The quantitative estimate of drug-likeness (QED) is 0.455. The van der Waals surface area contributed by atoms with E-state index in [0.29, 0.717) is 0 Å². The first-order valence-electron chi connectivity index (χ1n) is 8.82. The van der Waals surface area contributed by atoms with E-state index in [2.05, 4.69) is 10.5 Å². The normalized spacial score (nSPS) is 14.4. The van der Waals surface area contributed by atoms with Gasteiger partial charge in [0, 0.05) is 11.5 Å². The molecule has 30 heavy (non-hydrogen) atoms. The lowest BCUT2D eigenvalue weighted by molar-refractivity contribution is -0.119. The number of hydrogen-bond acceptors (Lipinski definition) is 6. The monoisotopic (exact) mass is 487 g/mol. The van der Waals surface area contributed by atoms with Crippen molar-refractivity contribution in [3.63, 3.8) is 0 Å². The number of benzene rings is 2. The maximum absolute atomic E-state index is 12.3. The predicted octanol–water partition coefficient (Wildman–Crippen LogP) is 3.40. The van der Waals surface area contributed by atoms with Crippen LogP contribution in [0.25, 0.3) is 0 Å². The maximum Gasteiger partial charge on any atom is 0.260 e. The van der Waals surface area contributed by atoms with Crippen molar-refractivity contribution < 1.29 is 17.9 Å². The molecule has 3 rings (SSSR count). The van der Waals surface area contributed by atoms with Crippen LogP contribution in [0.2, 0.25) is 10.0 Å². The van der Waals surface area contributed by atoms with E-state index < -0.39 is 22.5 Å². The highest BCUT2D eigenvalue weighted by Gasteiger charge is 2.24. The number of nitrogens with one attached hydrogen (secondary N) is 1. The van der Waals surface area contributed by atoms with Crippen LogP contribution in [0.5, 0.6) is 5.75 Å². The minimum Gasteiger partial charge on any atom is -0.489 e. The van der Waals surface area contributed by atoms with Crippen molar-refractivity contribution in [1.29, 1.82) is 0 Å². The van der Waals surface area contributed by atoms with Gasteiger partial charge in [-0.1, -0.05) is 41.4 Å². The summed E-state index contributed by atoms with van der Waals surface area (Å²) in [4.78, 5) is 12.3. The van der Waals surface area contributed by atoms with E-state index in [4.69, 9.17) is 27.9 Å². The van der Waals surface area contributed by atoms with Crippen LogP contribution < -0.4 is 14.5 Å². The zero-order chi connectivity index (χ0) is 21.7. The molecule has 1 aliphatic rings. The van der Waals surface area contributed by atoms with Crippen LogP contribution in [0.4, 0.5) is 5.69 Å². The van der Waals surface area contributed by atoms with Gasteiger partial charge < -0.3 is 4.74 Å². The Bertz CT molecular complexity index is 1060. The molecule has 0 unspecified atom stereocenters. The molecule has 0 atom stereocenters. The zero-order valence-corrected chi connectivity index (χ0v) is 19.1. The van der Waals surface area contributed by atoms with Gasteiger partial charge in [0.15, 0.2) is 0 Å². The Morgan fingerprint density at radius 2 is 2.03 bits per heavy atom. The van der Waals surface area contributed by atoms with Crippen molar-refractivity contribution in [2.75, 3.05) is 28.6 Å². The second-order valence-electron chi connectivity index (χ2n) is 6.49. The van der Waals surface area contributed by atoms with E-state index in [1.807, 2.05) is 36.0 Å². The summed E-state index contributed by atoms with van der Waals surface area (Å²) in [5, 5.41) is 4.13. The van der Waals surface area contributed by atoms with Gasteiger partial charge in [0.25, 0.3) is 5.91 Å². The lowest BCUT2D eigenvalue weighted by atomic mass is 10.2. The molecule has 0 radical (unpaired) electrons. The van der Waals surface area contributed by atoms with Gasteiger partial charge in [-0.2, -0.15) is 16.9 Å². The Morgan fingerprint density at radius 1 is 1.30 bits per heavy atom. The third-order valence-electron chi connectivity index (χ3n) is 4.06. The first-order valence-corrected chi connectivity index (χ1v) is 12.6. The number of thioether (sulfide) groups is 1. The number of hydrogen-bond donors (Lipinski definition) is 1. The van der Waals surface area contributed by atoms with E-state index in [-0.39, 0.29) is 21.8 Å². The van der Waals surface area contributed by atoms with Gasteiger partial charge >= 0.3 is 0 Å². The van der Waals surface area contributed by atoms with Gasteiger partial charge in [-0.3, -0.25) is 9.10 Å². The summed E-state index contributed by atoms with van der Waals surface area (Å²) in [7, 11) is -3.78. The van der Waals surface area contributed by atoms with Gasteiger partial charge in [0.05, 0.1) is 28.2 Å². The molecule has 0 spiro atoms. The highest BCUT2D eigenvalue weighted by Crippen LogP contribution is 2.33. The van der Waals surface area contributed by atoms with Crippen LogP contribution in [0.15, 0.2) is 47.6 Å². The molecule has 1 aliphatic heterocycles. The predicted molar refractivity (Wildman–Crippen MR) is 123 cm³/mol. The number of nitrogens with zero attached hydrogens (tertiary/aromatic N) is 2. The van der Waals surface area contributed by atoms with E-state index in [1.165, 1.54) is 18.3 Å². The zero-order valence-electron chi connectivity index (χ0n) is 15.9. The maximum atomic E-state index is 12.3. The molecule has 11 heteroatoms. The number of sulfonamides is 1. The van der Waals surface area contributed by atoms with Gasteiger partial charge in [-0.25, -0.2) is 13.8 Å². The Labute approximate surface area is 189 Å². The molecule has 0 bridgehead atoms. The van der Waals surface area contributed by atoms with Crippen molar-refractivity contribution in [2.45, 2.75) is 6.10 Å². The molecule has 0 saturated carbocycles. The summed E-state index contributed by atoms with van der Waals surface area (Å²) in [6, 6.07) is 11.9. The Balaban J connectivity index is 1.64. The first-order chi connectivity index (χ1) is 14.2. The van der Waals surface area contributed by atoms with Crippen molar-refractivity contribution in [3.05, 3.63) is 58.1 Å². The smallest absolute Gasteiger partial charge is 0.260 e. The Kier molecular flexibility index (Phi) is 7.51. The van der Waals surface area contributed by atoms with Crippen LogP contribution in [0.3, 0.4) is 0 Å². The molecule has 0 aromatic heterocycles. The second kappa shape index (κ2) is 9.91. The van der Waals surface area contributed by atoms with E-state index >= 15 is 0 Å². The highest BCUT2D eigenvalue weighted by atomic mass is 35.5. The average Bonchev–Trinajstić information content (AvgIpc) is 2.65. The third-order valence-corrected chi connectivity index (χ3v) is 7.21. The number of carbonyl (C=O) groups is 1. The highest BCUT2D eigenvalue weighted by molar-refractivity contribution is 8.00. The van der Waals surface area contributed by atoms with Gasteiger partial charge in [-0.05, 0) is 29.8 Å². The molecule has 0 aliphatic carbocycles. The van der Waals surface area contributed by atoms with Crippen molar-refractivity contribution in [3.8, 4) is 5.75 Å². The number of hydrazone groups is 1. The average molecular weight is 488 g/mol. The van der Waals surface area contributed by atoms with Crippen molar-refractivity contribution >= 4 is 62.8 Å². The standard InChI is InChI=1S/C19H19Cl2N3O4S2/c1-30(26,27)24(17-7-3-6-16(20)19(17)21)10-18(25)23-22-9-13-4-2-5-14(8-13)28-15-11-29-12-15/h2-9,15H,10-12H2,1H3,(H,23,25)/b22-9-. The number of amides is 1. The number of ether oxygens (including phenoxy) is 1. The summed E-state index contributed by atoms with van der Waals surface area (Å²) in [6.07, 6.45) is 2.66. The topological polar surface area (TPSA) is 88.1 Å². The van der Waals surface area contributed by atoms with Gasteiger partial charge in [0.2, 0.25) is 10.0 Å². The minimum atomic E-state index is -3.78. The molecule has 160 valence electrons. The molecule has 2 aromatic rings. The Morgan fingerprint density at radius 3 is 2.70 bits per heavy atom. The van der Waals surface area contributed by atoms with Crippen LogP contribution in [0.1, 0.15) is 5.56 Å². The van der Waals surface area contributed by atoms with E-state index in [1.54, 1.807) is 6.07 Å². The molecule has 1 fully saturated rings. The molecule has 7 nitrogen and oxygen atoms in total. The number of anilines is 1. The lowest BCUT2D eigenvalue weighted by Crippen LogP contribution is -2.39. The third kappa shape index (κ3) is 6.04. The fraction of sp³-hybridized carbons (Fsp3) is 0.263. The van der Waals surface area contributed by atoms with Crippen LogP contribution in [-0.2, 0) is 14.8 Å². The molecule has 1 saturated heterocycles. The van der Waals surface area contributed by atoms with E-state index in [9.17, 15) is 13.2 Å². The fourth-order valence-corrected chi connectivity index (χ4v) is 4.43. The van der Waals surface area contributed by atoms with Crippen molar-refractivity contribution in [2.24, 2.45) is 5.10 Å². The summed E-state index contributed by atoms with van der Waals surface area (Å²) in [5.41, 5.74) is 3.17. The van der Waals surface area contributed by atoms with Crippen LogP contribution in [-0.4, -0.2) is 50.9 Å². The second-order valence-corrected chi connectivity index (χ2v) is 10.3.